The van der Waals surface area contributed by atoms with Gasteiger partial charge in [-0.2, -0.15) is 0 Å². The summed E-state index contributed by atoms with van der Waals surface area (Å²) in [7, 11) is -2.44. The van der Waals surface area contributed by atoms with E-state index in [1.165, 1.54) is 7.11 Å². The van der Waals surface area contributed by atoms with Crippen molar-refractivity contribution in [3.05, 3.63) is 15.8 Å². The lowest BCUT2D eigenvalue weighted by Gasteiger charge is -2.27. The van der Waals surface area contributed by atoms with Crippen LogP contribution < -0.4 is 4.72 Å². The molecule has 0 bridgehead atoms. The summed E-state index contributed by atoms with van der Waals surface area (Å²) in [6, 6.07) is -0.0523. The van der Waals surface area contributed by atoms with E-state index in [0.29, 0.717) is 11.5 Å². The van der Waals surface area contributed by atoms with Gasteiger partial charge in [-0.3, -0.25) is 0 Å². The molecule has 2 atom stereocenters. The third kappa shape index (κ3) is 3.64. The number of carbonyl (C=O) groups excluding carboxylic acids is 1. The summed E-state index contributed by atoms with van der Waals surface area (Å²) in [5.41, 5.74) is 0.580. The fourth-order valence-corrected chi connectivity index (χ4v) is 5.81. The third-order valence-corrected chi connectivity index (χ3v) is 6.73. The molecule has 118 valence electrons. The van der Waals surface area contributed by atoms with Crippen LogP contribution in [-0.2, 0) is 14.8 Å². The lowest BCUT2D eigenvalue weighted by molar-refractivity contribution is 0.0602. The van der Waals surface area contributed by atoms with Gasteiger partial charge in [0.15, 0.2) is 0 Å². The monoisotopic (exact) mass is 331 g/mol. The van der Waals surface area contributed by atoms with Crippen molar-refractivity contribution in [2.75, 3.05) is 7.11 Å². The highest BCUT2D eigenvalue weighted by molar-refractivity contribution is 7.89. The number of rotatable bonds is 4. The molecule has 1 aromatic heterocycles. The predicted octanol–water partition coefficient (Wildman–Crippen LogP) is 2.70. The summed E-state index contributed by atoms with van der Waals surface area (Å²) in [5.74, 6) is -0.0828. The Labute approximate surface area is 129 Å². The number of sulfonamides is 1. The minimum Gasteiger partial charge on any atom is -0.465 e. The summed E-state index contributed by atoms with van der Waals surface area (Å²) < 4.78 is 32.7. The predicted molar refractivity (Wildman–Crippen MR) is 82.1 cm³/mol. The molecule has 2 unspecified atom stereocenters. The van der Waals surface area contributed by atoms with Crippen LogP contribution >= 0.6 is 11.3 Å². The molecule has 1 heterocycles. The van der Waals surface area contributed by atoms with Gasteiger partial charge in [0.2, 0.25) is 10.0 Å². The molecule has 5 nitrogen and oxygen atoms in total. The van der Waals surface area contributed by atoms with Crippen molar-refractivity contribution >= 4 is 27.3 Å². The summed E-state index contributed by atoms with van der Waals surface area (Å²) >= 11 is 1.10. The molecule has 0 amide bonds. The Morgan fingerprint density at radius 1 is 1.43 bits per heavy atom. The van der Waals surface area contributed by atoms with Gasteiger partial charge in [0.05, 0.1) is 7.11 Å². The van der Waals surface area contributed by atoms with Gasteiger partial charge in [-0.1, -0.05) is 19.8 Å². The molecule has 0 aliphatic heterocycles. The van der Waals surface area contributed by atoms with E-state index in [4.69, 9.17) is 0 Å². The van der Waals surface area contributed by atoms with Crippen molar-refractivity contribution in [3.8, 4) is 0 Å². The van der Waals surface area contributed by atoms with Crippen molar-refractivity contribution in [2.24, 2.45) is 5.92 Å². The number of aryl methyl sites for hydroxylation is 1. The normalized spacial score (nSPS) is 23.0. The highest BCUT2D eigenvalue weighted by atomic mass is 32.2. The molecule has 1 N–H and O–H groups in total. The van der Waals surface area contributed by atoms with E-state index < -0.39 is 16.0 Å². The molecule has 1 aromatic rings. The van der Waals surface area contributed by atoms with E-state index in [0.717, 1.165) is 37.0 Å². The average Bonchev–Trinajstić information content (AvgIpc) is 2.80. The maximum atomic E-state index is 12.6. The molecule has 0 aromatic carbocycles. The molecule has 1 fully saturated rings. The van der Waals surface area contributed by atoms with Gasteiger partial charge >= 0.3 is 5.97 Å². The summed E-state index contributed by atoms with van der Waals surface area (Å²) in [4.78, 5) is 11.9. The largest absolute Gasteiger partial charge is 0.465 e. The van der Waals surface area contributed by atoms with E-state index >= 15 is 0 Å². The van der Waals surface area contributed by atoms with Crippen molar-refractivity contribution in [2.45, 2.75) is 50.5 Å². The highest BCUT2D eigenvalue weighted by Gasteiger charge is 2.30. The van der Waals surface area contributed by atoms with Crippen LogP contribution in [-0.4, -0.2) is 27.5 Å². The maximum Gasteiger partial charge on any atom is 0.349 e. The Bertz CT molecular complexity index is 621. The van der Waals surface area contributed by atoms with Gasteiger partial charge in [0.1, 0.15) is 9.77 Å². The molecule has 0 spiro atoms. The zero-order valence-corrected chi connectivity index (χ0v) is 14.1. The number of carbonyl (C=O) groups is 1. The Kier molecular flexibility index (Phi) is 5.06. The fourth-order valence-electron chi connectivity index (χ4n) is 2.82. The number of ether oxygens (including phenoxy) is 1. The molecule has 1 aliphatic rings. The SMILES string of the molecule is COC(=O)c1scc(C)c1S(=O)(=O)NC1CCCC(C)C1. The van der Waals surface area contributed by atoms with Crippen LogP contribution in [0.3, 0.4) is 0 Å². The molecular weight excluding hydrogens is 310 g/mol. The Hall–Kier alpha value is -0.920. The van der Waals surface area contributed by atoms with Crippen LogP contribution in [0.25, 0.3) is 0 Å². The van der Waals surface area contributed by atoms with Gasteiger partial charge in [-0.05, 0) is 36.6 Å². The summed E-state index contributed by atoms with van der Waals surface area (Å²) in [6.45, 7) is 3.83. The van der Waals surface area contributed by atoms with E-state index in [1.807, 2.05) is 0 Å². The zero-order valence-electron chi connectivity index (χ0n) is 12.5. The maximum absolute atomic E-state index is 12.6. The minimum absolute atomic E-state index is 0.0523. The van der Waals surface area contributed by atoms with Crippen molar-refractivity contribution in [1.82, 2.24) is 4.72 Å². The molecule has 21 heavy (non-hydrogen) atoms. The first-order valence-corrected chi connectivity index (χ1v) is 9.40. The van der Waals surface area contributed by atoms with E-state index in [1.54, 1.807) is 12.3 Å². The number of hydrogen-bond acceptors (Lipinski definition) is 5. The number of esters is 1. The van der Waals surface area contributed by atoms with Gasteiger partial charge < -0.3 is 4.74 Å². The highest BCUT2D eigenvalue weighted by Crippen LogP contribution is 2.30. The van der Waals surface area contributed by atoms with E-state index in [9.17, 15) is 13.2 Å². The Morgan fingerprint density at radius 2 is 2.14 bits per heavy atom. The summed E-state index contributed by atoms with van der Waals surface area (Å²) in [5, 5.41) is 1.67. The van der Waals surface area contributed by atoms with Crippen LogP contribution in [0, 0.1) is 12.8 Å². The molecule has 2 rings (SSSR count). The zero-order chi connectivity index (χ0) is 15.6. The second-order valence-corrected chi connectivity index (χ2v) is 8.19. The number of methoxy groups -OCH3 is 1. The first kappa shape index (κ1) is 16.5. The summed E-state index contributed by atoms with van der Waals surface area (Å²) in [6.07, 6.45) is 3.86. The average molecular weight is 331 g/mol. The van der Waals surface area contributed by atoms with Gasteiger partial charge in [-0.15, -0.1) is 11.3 Å². The van der Waals surface area contributed by atoms with Gasteiger partial charge in [-0.25, -0.2) is 17.9 Å². The standard InChI is InChI=1S/C14H21NO4S2/c1-9-5-4-6-11(7-9)15-21(17,18)13-10(2)8-20-12(13)14(16)19-3/h8-9,11,15H,4-7H2,1-3H3. The van der Waals surface area contributed by atoms with Crippen LogP contribution in [0.4, 0.5) is 0 Å². The molecule has 0 radical (unpaired) electrons. The second kappa shape index (κ2) is 6.46. The number of hydrogen-bond donors (Lipinski definition) is 1. The smallest absolute Gasteiger partial charge is 0.349 e. The van der Waals surface area contributed by atoms with Gasteiger partial charge in [0.25, 0.3) is 0 Å². The van der Waals surface area contributed by atoms with Crippen LogP contribution in [0.1, 0.15) is 47.8 Å². The topological polar surface area (TPSA) is 72.5 Å². The van der Waals surface area contributed by atoms with Crippen LogP contribution in [0.5, 0.6) is 0 Å². The van der Waals surface area contributed by atoms with E-state index in [2.05, 4.69) is 16.4 Å². The number of nitrogens with one attached hydrogen (secondary N) is 1. The lowest BCUT2D eigenvalue weighted by Crippen LogP contribution is -2.38. The molecule has 1 aliphatic carbocycles. The number of thiophene rings is 1. The Morgan fingerprint density at radius 3 is 2.76 bits per heavy atom. The van der Waals surface area contributed by atoms with E-state index in [-0.39, 0.29) is 15.8 Å². The Balaban J connectivity index is 2.27. The molecule has 1 saturated carbocycles. The first-order chi connectivity index (χ1) is 9.85. The fraction of sp³-hybridized carbons (Fsp3) is 0.643. The molecule has 7 heteroatoms. The lowest BCUT2D eigenvalue weighted by atomic mass is 9.88. The van der Waals surface area contributed by atoms with Crippen LogP contribution in [0.15, 0.2) is 10.3 Å². The first-order valence-electron chi connectivity index (χ1n) is 7.04. The van der Waals surface area contributed by atoms with Crippen molar-refractivity contribution < 1.29 is 17.9 Å². The minimum atomic E-state index is -3.70. The second-order valence-electron chi connectivity index (χ2n) is 5.66. The molecule has 0 saturated heterocycles. The van der Waals surface area contributed by atoms with Crippen molar-refractivity contribution in [3.63, 3.8) is 0 Å². The van der Waals surface area contributed by atoms with Gasteiger partial charge in [0, 0.05) is 6.04 Å². The molecular formula is C14H21NO4S2. The van der Waals surface area contributed by atoms with Crippen molar-refractivity contribution in [1.29, 1.82) is 0 Å². The van der Waals surface area contributed by atoms with Crippen LogP contribution in [0.2, 0.25) is 0 Å². The third-order valence-electron chi connectivity index (χ3n) is 3.82. The quantitative estimate of drug-likeness (QED) is 0.861.